The highest BCUT2D eigenvalue weighted by atomic mass is 32.3. The average molecular weight is 240 g/mol. The molecule has 0 aromatic heterocycles. The van der Waals surface area contributed by atoms with E-state index in [9.17, 15) is 21.9 Å². The number of nitrogens with two attached hydrogens (primary N) is 1. The zero-order valence-corrected chi connectivity index (χ0v) is 8.37. The van der Waals surface area contributed by atoms with Gasteiger partial charge in [0, 0.05) is 12.8 Å². The number of Topliss-reactive ketones (excluding diaryl/α,β-unsaturated/α-hetero) is 1. The summed E-state index contributed by atoms with van der Waals surface area (Å²) in [6.45, 7) is 0. The Morgan fingerprint density at radius 2 is 2.20 bits per heavy atom. The first-order chi connectivity index (χ1) is 6.80. The Morgan fingerprint density at radius 3 is 2.60 bits per heavy atom. The van der Waals surface area contributed by atoms with Crippen LogP contribution in [0.5, 0.6) is 0 Å². The second kappa shape index (κ2) is 4.11. The molecule has 0 heterocycles. The molecule has 0 aromatic rings. The van der Waals surface area contributed by atoms with Crippen LogP contribution in [0.25, 0.3) is 0 Å². The predicted molar refractivity (Wildman–Crippen MR) is 45.2 cm³/mol. The molecule has 1 aliphatic carbocycles. The third-order valence-corrected chi connectivity index (χ3v) is 2.50. The Morgan fingerprint density at radius 1 is 1.60 bits per heavy atom. The van der Waals surface area contributed by atoms with Gasteiger partial charge in [0.25, 0.3) is 0 Å². The van der Waals surface area contributed by atoms with Crippen molar-refractivity contribution in [3.63, 3.8) is 0 Å². The van der Waals surface area contributed by atoms with E-state index < -0.39 is 27.0 Å². The van der Waals surface area contributed by atoms with Crippen LogP contribution in [0, 0.1) is 0 Å². The molecule has 0 aliphatic heterocycles. The number of rotatable bonds is 2. The third kappa shape index (κ3) is 3.13. The van der Waals surface area contributed by atoms with Crippen LogP contribution >= 0.6 is 0 Å². The van der Waals surface area contributed by atoms with Crippen molar-refractivity contribution >= 4 is 22.3 Å². The van der Waals surface area contributed by atoms with E-state index in [0.717, 1.165) is 0 Å². The quantitative estimate of drug-likeness (QED) is 0.305. The van der Waals surface area contributed by atoms with Gasteiger partial charge in [-0.25, -0.2) is 10.6 Å². The summed E-state index contributed by atoms with van der Waals surface area (Å²) < 4.78 is 36.4. The number of amides is 1. The van der Waals surface area contributed by atoms with Gasteiger partial charge in [-0.15, -0.1) is 4.41 Å². The predicted octanol–water partition coefficient (Wildman–Crippen LogP) is -0.365. The first-order valence-electron chi connectivity index (χ1n) is 4.02. The average Bonchev–Trinajstić information content (AvgIpc) is 2.48. The van der Waals surface area contributed by atoms with Gasteiger partial charge in [-0.2, -0.15) is 8.42 Å². The minimum Gasteiger partial charge on any atom is -0.444 e. The van der Waals surface area contributed by atoms with E-state index in [1.165, 1.54) is 0 Å². The number of carbonyl (C=O) groups is 2. The fourth-order valence-electron chi connectivity index (χ4n) is 1.16. The maximum atomic E-state index is 12.2. The zero-order chi connectivity index (χ0) is 11.6. The number of ketones is 1. The molecular formula is C6H9FN2O5S. The molecule has 0 saturated heterocycles. The van der Waals surface area contributed by atoms with E-state index >= 15 is 0 Å². The van der Waals surface area contributed by atoms with E-state index in [-0.39, 0.29) is 18.6 Å². The van der Waals surface area contributed by atoms with Gasteiger partial charge >= 0.3 is 16.5 Å². The monoisotopic (exact) mass is 240 g/mol. The molecule has 0 radical (unpaired) electrons. The number of hydrazine groups is 1. The molecule has 0 aromatic carbocycles. The molecule has 0 bridgehead atoms. The normalized spacial score (nSPS) is 21.5. The van der Waals surface area contributed by atoms with Crippen molar-refractivity contribution in [3.05, 3.63) is 0 Å². The topological polar surface area (TPSA) is 107 Å². The molecule has 1 unspecified atom stereocenters. The number of ether oxygens (including phenoxy) is 1. The van der Waals surface area contributed by atoms with Crippen LogP contribution in [0.3, 0.4) is 0 Å². The molecule has 1 saturated carbocycles. The first-order valence-corrected chi connectivity index (χ1v) is 5.36. The molecular weight excluding hydrogens is 231 g/mol. The number of nitrogens with zero attached hydrogens (tertiary/aromatic N) is 1. The lowest BCUT2D eigenvalue weighted by Crippen LogP contribution is -2.41. The van der Waals surface area contributed by atoms with Crippen LogP contribution < -0.4 is 5.84 Å². The highest BCUT2D eigenvalue weighted by Crippen LogP contribution is 2.18. The van der Waals surface area contributed by atoms with Crippen LogP contribution in [-0.2, 0) is 19.9 Å². The molecule has 7 nitrogen and oxygen atoms in total. The maximum Gasteiger partial charge on any atom is 0.440 e. The molecule has 2 N–H and O–H groups in total. The van der Waals surface area contributed by atoms with E-state index in [1.54, 1.807) is 0 Å². The van der Waals surface area contributed by atoms with Crippen LogP contribution in [0.1, 0.15) is 19.3 Å². The Kier molecular flexibility index (Phi) is 3.25. The number of halogens is 1. The van der Waals surface area contributed by atoms with Crippen LogP contribution in [0.4, 0.5) is 8.68 Å². The summed E-state index contributed by atoms with van der Waals surface area (Å²) in [6.07, 6.45) is -1.70. The van der Waals surface area contributed by atoms with Crippen molar-refractivity contribution in [2.24, 2.45) is 5.84 Å². The standard InChI is InChI=1S/C6H9FN2O5S/c7-15(12,13)9(8)6(11)14-5-2-1-4(10)3-5/h5H,1-3,8H2. The minimum atomic E-state index is -5.31. The van der Waals surface area contributed by atoms with Crippen molar-refractivity contribution in [3.8, 4) is 0 Å². The van der Waals surface area contributed by atoms with Crippen LogP contribution in [-0.4, -0.2) is 30.8 Å². The maximum absolute atomic E-state index is 12.2. The summed E-state index contributed by atoms with van der Waals surface area (Å²) in [7, 11) is -5.31. The van der Waals surface area contributed by atoms with Gasteiger partial charge in [-0.05, 0) is 6.42 Å². The van der Waals surface area contributed by atoms with Gasteiger partial charge in [0.2, 0.25) is 0 Å². The van der Waals surface area contributed by atoms with E-state index in [4.69, 9.17) is 0 Å². The van der Waals surface area contributed by atoms with Gasteiger partial charge < -0.3 is 4.74 Å². The van der Waals surface area contributed by atoms with Crippen molar-refractivity contribution in [2.45, 2.75) is 25.4 Å². The summed E-state index contributed by atoms with van der Waals surface area (Å²) in [5.41, 5.74) is 0. The lowest BCUT2D eigenvalue weighted by molar-refractivity contribution is -0.117. The number of carbonyl (C=O) groups excluding carboxylic acids is 2. The number of hydrogen-bond donors (Lipinski definition) is 1. The van der Waals surface area contributed by atoms with Gasteiger partial charge in [0.15, 0.2) is 0 Å². The van der Waals surface area contributed by atoms with Crippen LogP contribution in [0.15, 0.2) is 0 Å². The Hall–Kier alpha value is -1.22. The zero-order valence-electron chi connectivity index (χ0n) is 7.55. The summed E-state index contributed by atoms with van der Waals surface area (Å²) in [6, 6.07) is 0. The Bertz CT molecular complexity index is 381. The lowest BCUT2D eigenvalue weighted by Gasteiger charge is -2.14. The summed E-state index contributed by atoms with van der Waals surface area (Å²) in [5, 5.41) is 0. The molecule has 1 aliphatic rings. The van der Waals surface area contributed by atoms with Gasteiger partial charge in [0.1, 0.15) is 11.9 Å². The third-order valence-electron chi connectivity index (χ3n) is 1.88. The molecule has 9 heteroatoms. The highest BCUT2D eigenvalue weighted by molar-refractivity contribution is 7.84. The van der Waals surface area contributed by atoms with E-state index in [1.807, 2.05) is 0 Å². The summed E-state index contributed by atoms with van der Waals surface area (Å²) in [5.74, 6) is 4.52. The molecule has 86 valence electrons. The SMILES string of the molecule is NN(C(=O)OC1CCC(=O)C1)S(=O)(=O)F. The van der Waals surface area contributed by atoms with Crippen molar-refractivity contribution in [2.75, 3.05) is 0 Å². The van der Waals surface area contributed by atoms with Gasteiger partial charge in [-0.3, -0.25) is 4.79 Å². The molecule has 1 rings (SSSR count). The molecule has 1 fully saturated rings. The Balaban J connectivity index is 2.53. The highest BCUT2D eigenvalue weighted by Gasteiger charge is 2.31. The Labute approximate surface area is 85.3 Å². The fourth-order valence-corrected chi connectivity index (χ4v) is 1.39. The largest absolute Gasteiger partial charge is 0.444 e. The van der Waals surface area contributed by atoms with Crippen LogP contribution in [0.2, 0.25) is 0 Å². The molecule has 15 heavy (non-hydrogen) atoms. The lowest BCUT2D eigenvalue weighted by atomic mass is 10.3. The van der Waals surface area contributed by atoms with Crippen molar-refractivity contribution < 1.29 is 26.6 Å². The van der Waals surface area contributed by atoms with Gasteiger partial charge in [0.05, 0.1) is 0 Å². The first kappa shape index (κ1) is 11.9. The second-order valence-corrected chi connectivity index (χ2v) is 4.24. The van der Waals surface area contributed by atoms with E-state index in [2.05, 4.69) is 10.6 Å². The summed E-state index contributed by atoms with van der Waals surface area (Å²) in [4.78, 5) is 21.7. The fraction of sp³-hybridized carbons (Fsp3) is 0.667. The van der Waals surface area contributed by atoms with E-state index in [0.29, 0.717) is 6.42 Å². The van der Waals surface area contributed by atoms with Crippen molar-refractivity contribution in [1.82, 2.24) is 4.41 Å². The molecule has 0 spiro atoms. The molecule has 1 amide bonds. The summed E-state index contributed by atoms with van der Waals surface area (Å²) >= 11 is 0. The molecule has 1 atom stereocenters. The van der Waals surface area contributed by atoms with Crippen molar-refractivity contribution in [1.29, 1.82) is 0 Å². The second-order valence-electron chi connectivity index (χ2n) is 3.03. The number of hydrogen-bond acceptors (Lipinski definition) is 6. The smallest absolute Gasteiger partial charge is 0.440 e. The van der Waals surface area contributed by atoms with Gasteiger partial charge in [-0.1, -0.05) is 3.89 Å². The minimum absolute atomic E-state index is 0.00587.